The van der Waals surface area contributed by atoms with Crippen LogP contribution in [-0.2, 0) is 12.2 Å². The highest BCUT2D eigenvalue weighted by Gasteiger charge is 2.68. The number of rotatable bonds is 2. The molecule has 0 aliphatic carbocycles. The first-order valence-corrected chi connectivity index (χ1v) is 13.4. The van der Waals surface area contributed by atoms with E-state index in [4.69, 9.17) is 17.3 Å². The van der Waals surface area contributed by atoms with E-state index in [0.29, 0.717) is 0 Å². The Morgan fingerprint density at radius 1 is 0.880 bits per heavy atom. The Morgan fingerprint density at radius 2 is 1.24 bits per heavy atom. The van der Waals surface area contributed by atoms with Crippen LogP contribution in [0.3, 0.4) is 0 Å². The Balaban J connectivity index is 0. The highest BCUT2D eigenvalue weighted by Crippen LogP contribution is 2.84. The third-order valence-corrected chi connectivity index (χ3v) is 16.7. The minimum atomic E-state index is -2.11. The maximum atomic E-state index is 6.23. The van der Waals surface area contributed by atoms with Crippen molar-refractivity contribution in [3.05, 3.63) is 50.3 Å². The topological polar surface area (TPSA) is 20.6 Å². The second-order valence-electron chi connectivity index (χ2n) is 8.41. The number of benzene rings is 1. The van der Waals surface area contributed by atoms with Crippen molar-refractivity contribution in [2.75, 3.05) is 0 Å². The van der Waals surface area contributed by atoms with Gasteiger partial charge < -0.3 is 32.2 Å². The third kappa shape index (κ3) is 5.05. The molecule has 0 bridgehead atoms. The van der Waals surface area contributed by atoms with Crippen molar-refractivity contribution in [2.24, 2.45) is 0 Å². The smallest absolute Gasteiger partial charge is 0.276 e. The van der Waals surface area contributed by atoms with E-state index in [1.807, 2.05) is 18.2 Å². The van der Waals surface area contributed by atoms with Gasteiger partial charge in [-0.2, -0.15) is 8.67 Å². The zero-order valence-corrected chi connectivity index (χ0v) is 21.5. The minimum absolute atomic E-state index is 0. The van der Waals surface area contributed by atoms with E-state index < -0.39 is 15.3 Å². The second kappa shape index (κ2) is 8.65. The zero-order valence-electron chi connectivity index (χ0n) is 17.7. The fourth-order valence-corrected chi connectivity index (χ4v) is 21.0. The summed E-state index contributed by atoms with van der Waals surface area (Å²) in [6.07, 6.45) is 0. The van der Waals surface area contributed by atoms with Crippen LogP contribution < -0.4 is 0 Å². The van der Waals surface area contributed by atoms with E-state index >= 15 is 0 Å². The molecule has 3 nitrogen and oxygen atoms in total. The van der Waals surface area contributed by atoms with E-state index in [2.05, 4.69) is 75.4 Å². The summed E-state index contributed by atoms with van der Waals surface area (Å²) in [5.41, 5.74) is 1.09. The van der Waals surface area contributed by atoms with Gasteiger partial charge in [-0.3, -0.25) is 0 Å². The van der Waals surface area contributed by atoms with Crippen molar-refractivity contribution in [2.45, 2.75) is 65.7 Å². The van der Waals surface area contributed by atoms with Crippen LogP contribution in [0.5, 0.6) is 0 Å². The number of nitrogens with zero attached hydrogens (tertiary/aromatic N) is 3. The Morgan fingerprint density at radius 3 is 1.56 bits per heavy atom. The lowest BCUT2D eigenvalue weighted by Gasteiger charge is -2.78. The first kappa shape index (κ1) is 27.7. The molecule has 143 valence electrons. The molecule has 1 heterocycles. The Hall–Kier alpha value is 0.469. The fourth-order valence-electron chi connectivity index (χ4n) is 3.94. The van der Waals surface area contributed by atoms with Crippen molar-refractivity contribution >= 4 is 50.6 Å². The van der Waals surface area contributed by atoms with Crippen LogP contribution in [0, 0.1) is 14.9 Å². The molecule has 3 radical (unpaired) electrons. The van der Waals surface area contributed by atoms with Gasteiger partial charge in [0.05, 0.1) is 0 Å². The monoisotopic (exact) mass is 411 g/mol. The first-order valence-electron chi connectivity index (χ1n) is 7.81. The largest absolute Gasteiger partial charge is 0.530 e. The molecule has 0 saturated carbocycles. The molecule has 1 fully saturated rings. The summed E-state index contributed by atoms with van der Waals surface area (Å²) in [5, 5.41) is 5.10. The quantitative estimate of drug-likeness (QED) is 0.245. The third-order valence-electron chi connectivity index (χ3n) is 3.83. The van der Waals surface area contributed by atoms with Crippen molar-refractivity contribution in [1.29, 1.82) is 0 Å². The van der Waals surface area contributed by atoms with Gasteiger partial charge in [0.25, 0.3) is 8.40 Å². The van der Waals surface area contributed by atoms with Gasteiger partial charge >= 0.3 is 0 Å². The lowest BCUT2D eigenvalue weighted by atomic mass is 10.1. The summed E-state index contributed by atoms with van der Waals surface area (Å²) >= 11 is 6.23. The van der Waals surface area contributed by atoms with Crippen molar-refractivity contribution < 1.29 is 0 Å². The number of hydrogen-bond acceptors (Lipinski definition) is 3. The average Bonchev–Trinajstić information content (AvgIpc) is 2.23. The molecule has 0 amide bonds. The average molecular weight is 412 g/mol. The maximum Gasteiger partial charge on any atom is 0.276 e. The molecule has 25 heavy (non-hydrogen) atoms. The molecule has 1 aromatic rings. The van der Waals surface area contributed by atoms with E-state index in [0.717, 1.165) is 5.69 Å². The van der Waals surface area contributed by atoms with Gasteiger partial charge in [-0.1, -0.05) is 30.3 Å². The van der Waals surface area contributed by atoms with Gasteiger partial charge in [-0.15, -0.1) is 5.69 Å². The SMILES string of the molecule is CC(C)(C)N1[Si](C)(C)N(C(C)(C)C)[P+]1([S-])[N-]c1ccccc1.[Al].[CH3-].[CH3-]. The standard InChI is InChI=1S/C16H29N3PSSi.2CH3.Al/c1-15(2,3)18-20(21,17-14-12-10-9-11-13-14)19(16(4,5)6)22(18,7)8;;;/h9-13H,1-8H3;2*1H3;/q3*-1;. The van der Waals surface area contributed by atoms with Gasteiger partial charge in [-0.05, 0) is 61.6 Å². The van der Waals surface area contributed by atoms with Crippen LogP contribution >= 0.6 is 6.92 Å². The lowest BCUT2D eigenvalue weighted by Crippen LogP contribution is -2.79. The summed E-state index contributed by atoms with van der Waals surface area (Å²) < 4.78 is 5.17. The highest BCUT2D eigenvalue weighted by molar-refractivity contribution is 8.43. The minimum Gasteiger partial charge on any atom is -0.530 e. The molecule has 0 aromatic heterocycles. The maximum absolute atomic E-state index is 6.23. The molecule has 1 aliphatic rings. The van der Waals surface area contributed by atoms with E-state index in [9.17, 15) is 0 Å². The van der Waals surface area contributed by atoms with Gasteiger partial charge in [0.2, 0.25) is 0 Å². The molecular weight excluding hydrogens is 376 g/mol. The highest BCUT2D eigenvalue weighted by atomic mass is 32.7. The normalized spacial score (nSPS) is 19.6. The Bertz CT molecular complexity index is 519. The molecule has 0 atom stereocenters. The van der Waals surface area contributed by atoms with Crippen LogP contribution in [0.1, 0.15) is 41.5 Å². The first-order chi connectivity index (χ1) is 9.81. The Kier molecular flexibility index (Phi) is 9.58. The molecule has 1 aromatic carbocycles. The van der Waals surface area contributed by atoms with E-state index in [1.165, 1.54) is 0 Å². The van der Waals surface area contributed by atoms with Crippen LogP contribution in [0.15, 0.2) is 30.3 Å². The summed E-state index contributed by atoms with van der Waals surface area (Å²) in [4.78, 5) is 0. The number of hydrogen-bond donors (Lipinski definition) is 0. The van der Waals surface area contributed by atoms with Crippen molar-refractivity contribution in [1.82, 2.24) is 8.67 Å². The fraction of sp³-hybridized carbons (Fsp3) is 0.556. The Labute approximate surface area is 174 Å². The molecule has 0 N–H and O–H groups in total. The summed E-state index contributed by atoms with van der Waals surface area (Å²) in [6.45, 7) is 16.3. The molecule has 0 unspecified atom stereocenters. The predicted molar refractivity (Wildman–Crippen MR) is 123 cm³/mol. The summed E-state index contributed by atoms with van der Waals surface area (Å²) in [7, 11) is -1.75. The molecule has 0 spiro atoms. The molecular formula is C18H35AlN3PSSi-3. The molecule has 1 saturated heterocycles. The van der Waals surface area contributed by atoms with Gasteiger partial charge in [0.15, 0.2) is 0 Å². The molecule has 2 rings (SSSR count). The van der Waals surface area contributed by atoms with E-state index in [1.54, 1.807) is 0 Å². The summed E-state index contributed by atoms with van der Waals surface area (Å²) in [6, 6.07) is 10.2. The van der Waals surface area contributed by atoms with Crippen LogP contribution in [0.2, 0.25) is 13.1 Å². The lowest BCUT2D eigenvalue weighted by molar-refractivity contribution is 0.239. The van der Waals surface area contributed by atoms with Crippen LogP contribution in [0.4, 0.5) is 5.69 Å². The second-order valence-corrected chi connectivity index (χ2v) is 16.5. The zero-order chi connectivity index (χ0) is 17.0. The predicted octanol–water partition coefficient (Wildman–Crippen LogP) is 6.35. The van der Waals surface area contributed by atoms with Crippen LogP contribution in [-0.4, -0.2) is 45.5 Å². The summed E-state index contributed by atoms with van der Waals surface area (Å²) in [5.74, 6) is 0. The van der Waals surface area contributed by atoms with Gasteiger partial charge in [0.1, 0.15) is 0 Å². The van der Waals surface area contributed by atoms with Crippen molar-refractivity contribution in [3.63, 3.8) is 0 Å². The van der Waals surface area contributed by atoms with E-state index in [-0.39, 0.29) is 43.3 Å². The van der Waals surface area contributed by atoms with Crippen molar-refractivity contribution in [3.8, 4) is 0 Å². The molecule has 1 aliphatic heterocycles. The van der Waals surface area contributed by atoms with Crippen LogP contribution in [0.25, 0.3) is 5.09 Å². The molecule has 7 heteroatoms. The van der Waals surface area contributed by atoms with Gasteiger partial charge in [0, 0.05) is 28.4 Å². The van der Waals surface area contributed by atoms with Gasteiger partial charge in [-0.25, -0.2) is 0 Å².